The maximum atomic E-state index is 12.5. The third-order valence-electron chi connectivity index (χ3n) is 2.95. The molecule has 0 saturated carbocycles. The summed E-state index contributed by atoms with van der Waals surface area (Å²) in [6.07, 6.45) is 0. The standard InChI is InChI=1S/C13H18ClN3O2S.ClH/c1-13(2,8-16)9-17(3)20(18,19)12-5-4-10(7-15)6-11(12)14;/h4-6H,8-9,16H2,1-3H3;1H. The summed E-state index contributed by atoms with van der Waals surface area (Å²) in [5.41, 5.74) is 5.61. The van der Waals surface area contributed by atoms with Crippen molar-refractivity contribution in [3.8, 4) is 6.07 Å². The average molecular weight is 352 g/mol. The van der Waals surface area contributed by atoms with E-state index in [1.807, 2.05) is 19.9 Å². The zero-order valence-corrected chi connectivity index (χ0v) is 14.5. The zero-order chi connectivity index (χ0) is 15.6. The van der Waals surface area contributed by atoms with Crippen molar-refractivity contribution in [3.05, 3.63) is 28.8 Å². The first-order chi connectivity index (χ1) is 9.14. The van der Waals surface area contributed by atoms with Gasteiger partial charge >= 0.3 is 0 Å². The molecule has 0 spiro atoms. The Kier molecular flexibility index (Phi) is 7.13. The normalized spacial score (nSPS) is 11.9. The van der Waals surface area contributed by atoms with Gasteiger partial charge in [0.25, 0.3) is 0 Å². The van der Waals surface area contributed by atoms with Gasteiger partial charge in [-0.1, -0.05) is 25.4 Å². The number of nitriles is 1. The van der Waals surface area contributed by atoms with Gasteiger partial charge in [0.15, 0.2) is 0 Å². The van der Waals surface area contributed by atoms with Crippen molar-refractivity contribution in [1.29, 1.82) is 5.26 Å². The number of benzene rings is 1. The van der Waals surface area contributed by atoms with Crippen molar-refractivity contribution < 1.29 is 8.42 Å². The van der Waals surface area contributed by atoms with Crippen LogP contribution < -0.4 is 5.73 Å². The fraction of sp³-hybridized carbons (Fsp3) is 0.462. The Bertz CT molecular complexity index is 639. The molecule has 0 unspecified atom stereocenters. The first-order valence-corrected chi connectivity index (χ1v) is 7.82. The van der Waals surface area contributed by atoms with Gasteiger partial charge in [-0.05, 0) is 30.2 Å². The maximum Gasteiger partial charge on any atom is 0.244 e. The van der Waals surface area contributed by atoms with Gasteiger partial charge < -0.3 is 5.73 Å². The minimum absolute atomic E-state index is 0. The Morgan fingerprint density at radius 3 is 2.43 bits per heavy atom. The SMILES string of the molecule is CN(CC(C)(C)CN)S(=O)(=O)c1ccc(C#N)cc1Cl.Cl. The van der Waals surface area contributed by atoms with Crippen LogP contribution in [0.2, 0.25) is 5.02 Å². The summed E-state index contributed by atoms with van der Waals surface area (Å²) in [5.74, 6) is 0. The smallest absolute Gasteiger partial charge is 0.244 e. The largest absolute Gasteiger partial charge is 0.330 e. The van der Waals surface area contributed by atoms with Gasteiger partial charge in [-0.3, -0.25) is 0 Å². The summed E-state index contributed by atoms with van der Waals surface area (Å²) in [6.45, 7) is 4.43. The molecule has 0 aliphatic rings. The van der Waals surface area contributed by atoms with Crippen molar-refractivity contribution in [3.63, 3.8) is 0 Å². The molecule has 2 N–H and O–H groups in total. The van der Waals surface area contributed by atoms with E-state index < -0.39 is 10.0 Å². The summed E-state index contributed by atoms with van der Waals surface area (Å²) in [7, 11) is -2.21. The number of rotatable bonds is 5. The van der Waals surface area contributed by atoms with Crippen LogP contribution in [0.1, 0.15) is 19.4 Å². The number of nitrogens with zero attached hydrogens (tertiary/aromatic N) is 2. The van der Waals surface area contributed by atoms with Gasteiger partial charge in [-0.25, -0.2) is 12.7 Å². The van der Waals surface area contributed by atoms with Crippen LogP contribution in [0.4, 0.5) is 0 Å². The molecule has 1 aromatic carbocycles. The lowest BCUT2D eigenvalue weighted by atomic mass is 9.94. The molecule has 0 radical (unpaired) electrons. The van der Waals surface area contributed by atoms with E-state index in [1.54, 1.807) is 0 Å². The van der Waals surface area contributed by atoms with Crippen LogP contribution in [0, 0.1) is 16.7 Å². The van der Waals surface area contributed by atoms with Gasteiger partial charge in [0, 0.05) is 13.6 Å². The van der Waals surface area contributed by atoms with E-state index in [2.05, 4.69) is 0 Å². The van der Waals surface area contributed by atoms with Crippen LogP contribution in [-0.2, 0) is 10.0 Å². The molecular formula is C13H19Cl2N3O2S. The Morgan fingerprint density at radius 2 is 2.00 bits per heavy atom. The van der Waals surface area contributed by atoms with Gasteiger partial charge in [0.05, 0.1) is 16.7 Å². The Labute approximate surface area is 137 Å². The second-order valence-corrected chi connectivity index (χ2v) is 7.81. The predicted molar refractivity (Wildman–Crippen MR) is 86.1 cm³/mol. The maximum absolute atomic E-state index is 12.5. The number of hydrogen-bond donors (Lipinski definition) is 1. The highest BCUT2D eigenvalue weighted by atomic mass is 35.5. The van der Waals surface area contributed by atoms with Crippen molar-refractivity contribution >= 4 is 34.0 Å². The Hall–Kier alpha value is -0.840. The van der Waals surface area contributed by atoms with E-state index >= 15 is 0 Å². The van der Waals surface area contributed by atoms with Crippen LogP contribution in [-0.4, -0.2) is 32.9 Å². The van der Waals surface area contributed by atoms with E-state index in [4.69, 9.17) is 22.6 Å². The Balaban J connectivity index is 0.00000400. The van der Waals surface area contributed by atoms with Gasteiger partial charge in [-0.2, -0.15) is 5.26 Å². The molecular weight excluding hydrogens is 333 g/mol. The molecule has 5 nitrogen and oxygen atoms in total. The summed E-state index contributed by atoms with van der Waals surface area (Å²) in [6, 6.07) is 6.04. The van der Waals surface area contributed by atoms with E-state index in [0.717, 1.165) is 0 Å². The molecule has 1 aromatic rings. The predicted octanol–water partition coefficient (Wildman–Crippen LogP) is 2.24. The summed E-state index contributed by atoms with van der Waals surface area (Å²) in [5, 5.41) is 8.81. The first kappa shape index (κ1) is 20.2. The summed E-state index contributed by atoms with van der Waals surface area (Å²) in [4.78, 5) is -0.00603. The molecule has 0 fully saturated rings. The fourth-order valence-electron chi connectivity index (χ4n) is 1.70. The van der Waals surface area contributed by atoms with Crippen molar-refractivity contribution in [2.75, 3.05) is 20.1 Å². The third kappa shape index (κ3) is 4.83. The summed E-state index contributed by atoms with van der Waals surface area (Å²) >= 11 is 5.96. The number of hydrogen-bond acceptors (Lipinski definition) is 4. The van der Waals surface area contributed by atoms with Crippen molar-refractivity contribution in [2.45, 2.75) is 18.7 Å². The molecule has 1 rings (SSSR count). The molecule has 0 aliphatic carbocycles. The highest BCUT2D eigenvalue weighted by Gasteiger charge is 2.28. The molecule has 0 aliphatic heterocycles. The molecule has 21 heavy (non-hydrogen) atoms. The van der Waals surface area contributed by atoms with E-state index in [-0.39, 0.29) is 34.3 Å². The average Bonchev–Trinajstić information content (AvgIpc) is 2.37. The van der Waals surface area contributed by atoms with E-state index in [1.165, 1.54) is 29.6 Å². The molecule has 0 heterocycles. The Morgan fingerprint density at radius 1 is 1.43 bits per heavy atom. The lowest BCUT2D eigenvalue weighted by Crippen LogP contribution is -2.39. The number of halogens is 2. The molecule has 118 valence electrons. The molecule has 0 bridgehead atoms. The second kappa shape index (κ2) is 7.43. The molecule has 0 saturated heterocycles. The summed E-state index contributed by atoms with van der Waals surface area (Å²) < 4.78 is 26.2. The van der Waals surface area contributed by atoms with Crippen molar-refractivity contribution in [1.82, 2.24) is 4.31 Å². The molecule has 0 amide bonds. The van der Waals surface area contributed by atoms with Gasteiger partial charge in [0.1, 0.15) is 4.90 Å². The minimum atomic E-state index is -3.70. The lowest BCUT2D eigenvalue weighted by molar-refractivity contribution is 0.292. The van der Waals surface area contributed by atoms with Crippen molar-refractivity contribution in [2.24, 2.45) is 11.1 Å². The molecule has 8 heteroatoms. The van der Waals surface area contributed by atoms with Crippen LogP contribution in [0.15, 0.2) is 23.1 Å². The quantitative estimate of drug-likeness (QED) is 0.880. The monoisotopic (exact) mass is 351 g/mol. The highest BCUT2D eigenvalue weighted by Crippen LogP contribution is 2.27. The number of nitrogens with two attached hydrogens (primary N) is 1. The second-order valence-electron chi connectivity index (χ2n) is 5.39. The van der Waals surface area contributed by atoms with Crippen LogP contribution in [0.25, 0.3) is 0 Å². The minimum Gasteiger partial charge on any atom is -0.330 e. The van der Waals surface area contributed by atoms with Gasteiger partial charge in [0.2, 0.25) is 10.0 Å². The van der Waals surface area contributed by atoms with Crippen LogP contribution in [0.3, 0.4) is 0 Å². The highest BCUT2D eigenvalue weighted by molar-refractivity contribution is 7.89. The number of sulfonamides is 1. The van der Waals surface area contributed by atoms with Crippen LogP contribution >= 0.6 is 24.0 Å². The lowest BCUT2D eigenvalue weighted by Gasteiger charge is -2.28. The van der Waals surface area contributed by atoms with Gasteiger partial charge in [-0.15, -0.1) is 12.4 Å². The molecule has 0 aromatic heterocycles. The molecule has 0 atom stereocenters. The van der Waals surface area contributed by atoms with E-state index in [9.17, 15) is 8.42 Å². The van der Waals surface area contributed by atoms with Crippen LogP contribution in [0.5, 0.6) is 0 Å². The topological polar surface area (TPSA) is 87.2 Å². The zero-order valence-electron chi connectivity index (χ0n) is 12.1. The first-order valence-electron chi connectivity index (χ1n) is 6.00. The van der Waals surface area contributed by atoms with E-state index in [0.29, 0.717) is 12.1 Å². The third-order valence-corrected chi connectivity index (χ3v) is 5.24. The fourth-order valence-corrected chi connectivity index (χ4v) is 3.57.